The molecule has 4 atom stereocenters. The van der Waals surface area contributed by atoms with Crippen LogP contribution >= 0.6 is 0 Å². The molecule has 1 aliphatic rings. The lowest BCUT2D eigenvalue weighted by Crippen LogP contribution is -2.26. The van der Waals surface area contributed by atoms with Gasteiger partial charge in [0.15, 0.2) is 5.76 Å². The fourth-order valence-corrected chi connectivity index (χ4v) is 4.33. The standard InChI is InChI=1S/C23H40O6.C2H4O/c1-3-4-8-13-23(2,29)14-9-11-18-17(20(26)15-21(18)27)10-6-5-7-12-19(25)22(28)16-24;1-2-3/h12,17-18,21,24-25,27,29H,3-11,13-16H2,1-2H3;2-3H,1H2/t17-,18-,21-,23?;/m1./s1. The normalized spacial score (nSPS) is 22.7. The third kappa shape index (κ3) is 12.4. The molecule has 0 aromatic heterocycles. The van der Waals surface area contributed by atoms with Crippen molar-refractivity contribution in [1.29, 1.82) is 0 Å². The first-order chi connectivity index (χ1) is 15.1. The highest BCUT2D eigenvalue weighted by atomic mass is 16.3. The topological polar surface area (TPSA) is 135 Å². The van der Waals surface area contributed by atoms with Crippen LogP contribution in [0.15, 0.2) is 24.7 Å². The Balaban J connectivity index is 0.00000302. The summed E-state index contributed by atoms with van der Waals surface area (Å²) in [5, 5.41) is 46.3. The van der Waals surface area contributed by atoms with Gasteiger partial charge in [-0.2, -0.15) is 0 Å². The molecule has 0 radical (unpaired) electrons. The van der Waals surface area contributed by atoms with Crippen LogP contribution in [0.3, 0.4) is 0 Å². The van der Waals surface area contributed by atoms with Gasteiger partial charge in [0.1, 0.15) is 12.4 Å². The maximum absolute atomic E-state index is 12.3. The summed E-state index contributed by atoms with van der Waals surface area (Å²) in [6.07, 6.45) is 10.7. The smallest absolute Gasteiger partial charge is 0.221 e. The van der Waals surface area contributed by atoms with E-state index in [-0.39, 0.29) is 24.0 Å². The van der Waals surface area contributed by atoms with Gasteiger partial charge in [-0.05, 0) is 57.4 Å². The number of aliphatic hydroxyl groups is 5. The van der Waals surface area contributed by atoms with Gasteiger partial charge in [-0.25, -0.2) is 0 Å². The van der Waals surface area contributed by atoms with Crippen molar-refractivity contribution in [1.82, 2.24) is 0 Å². The van der Waals surface area contributed by atoms with E-state index in [0.29, 0.717) is 19.3 Å². The summed E-state index contributed by atoms with van der Waals surface area (Å²) in [5.74, 6) is -1.18. The summed E-state index contributed by atoms with van der Waals surface area (Å²) in [6, 6.07) is 0. The molecule has 1 fully saturated rings. The highest BCUT2D eigenvalue weighted by Gasteiger charge is 2.40. The molecule has 1 rings (SSSR count). The average molecular weight is 457 g/mol. The number of hydrogen-bond acceptors (Lipinski definition) is 7. The highest BCUT2D eigenvalue weighted by Crippen LogP contribution is 2.37. The highest BCUT2D eigenvalue weighted by molar-refractivity contribution is 5.93. The van der Waals surface area contributed by atoms with Gasteiger partial charge in [-0.1, -0.05) is 45.6 Å². The number of unbranched alkanes of at least 4 members (excludes halogenated alkanes) is 4. The van der Waals surface area contributed by atoms with Crippen LogP contribution in [-0.2, 0) is 9.59 Å². The van der Waals surface area contributed by atoms with Crippen LogP contribution < -0.4 is 0 Å². The first-order valence-corrected chi connectivity index (χ1v) is 11.8. The van der Waals surface area contributed by atoms with Gasteiger partial charge in [0.05, 0.1) is 18.0 Å². The first kappa shape index (κ1) is 30.3. The summed E-state index contributed by atoms with van der Waals surface area (Å²) in [7, 11) is 0. The molecule has 1 saturated carbocycles. The quantitative estimate of drug-likeness (QED) is 0.141. The van der Waals surface area contributed by atoms with E-state index in [1.807, 2.05) is 6.92 Å². The average Bonchev–Trinajstić information content (AvgIpc) is 3.00. The van der Waals surface area contributed by atoms with Crippen molar-refractivity contribution in [3.8, 4) is 0 Å². The number of aliphatic hydroxyl groups excluding tert-OH is 4. The van der Waals surface area contributed by atoms with E-state index in [0.717, 1.165) is 57.6 Å². The molecule has 7 nitrogen and oxygen atoms in total. The minimum atomic E-state index is -0.704. The fraction of sp³-hybridized carbons (Fsp3) is 0.760. The summed E-state index contributed by atoms with van der Waals surface area (Å²) < 4.78 is 0. The van der Waals surface area contributed by atoms with E-state index in [1.54, 1.807) is 0 Å². The second kappa shape index (κ2) is 16.9. The van der Waals surface area contributed by atoms with E-state index in [9.17, 15) is 24.9 Å². The zero-order valence-electron chi connectivity index (χ0n) is 19.8. The lowest BCUT2D eigenvalue weighted by molar-refractivity contribution is -0.121. The van der Waals surface area contributed by atoms with Crippen molar-refractivity contribution >= 4 is 11.6 Å². The van der Waals surface area contributed by atoms with E-state index in [1.165, 1.54) is 6.08 Å². The van der Waals surface area contributed by atoms with Gasteiger partial charge < -0.3 is 25.5 Å². The Hall–Kier alpha value is -1.70. The molecule has 0 saturated heterocycles. The Labute approximate surface area is 192 Å². The molecular formula is C25H44O7. The minimum Gasteiger partial charge on any atom is -0.516 e. The monoisotopic (exact) mass is 456 g/mol. The van der Waals surface area contributed by atoms with E-state index >= 15 is 0 Å². The molecule has 0 heterocycles. The Morgan fingerprint density at radius 3 is 2.38 bits per heavy atom. The van der Waals surface area contributed by atoms with Crippen molar-refractivity contribution in [2.24, 2.45) is 11.8 Å². The van der Waals surface area contributed by atoms with Gasteiger partial charge in [0.25, 0.3) is 0 Å². The zero-order chi connectivity index (χ0) is 24.6. The van der Waals surface area contributed by atoms with Crippen LogP contribution in [0, 0.1) is 11.8 Å². The molecule has 32 heavy (non-hydrogen) atoms. The molecule has 1 aliphatic carbocycles. The number of ketones is 2. The Kier molecular flexibility index (Phi) is 16.0. The maximum Gasteiger partial charge on any atom is 0.221 e. The molecule has 0 aromatic rings. The van der Waals surface area contributed by atoms with Crippen molar-refractivity contribution in [2.75, 3.05) is 6.61 Å². The van der Waals surface area contributed by atoms with Gasteiger partial charge in [-0.3, -0.25) is 9.59 Å². The Morgan fingerprint density at radius 2 is 1.78 bits per heavy atom. The van der Waals surface area contributed by atoms with E-state index in [4.69, 9.17) is 10.2 Å². The van der Waals surface area contributed by atoms with Gasteiger partial charge in [0.2, 0.25) is 5.78 Å². The molecule has 1 unspecified atom stereocenters. The minimum absolute atomic E-state index is 0.0474. The second-order valence-electron chi connectivity index (χ2n) is 8.99. The molecule has 0 bridgehead atoms. The van der Waals surface area contributed by atoms with Crippen molar-refractivity contribution in [3.05, 3.63) is 24.7 Å². The molecule has 0 aliphatic heterocycles. The van der Waals surface area contributed by atoms with E-state index < -0.39 is 29.9 Å². The number of hydrogen-bond donors (Lipinski definition) is 5. The number of carbonyl (C=O) groups excluding carboxylic acids is 2. The van der Waals surface area contributed by atoms with Crippen LogP contribution in [0.4, 0.5) is 0 Å². The number of allylic oxidation sites excluding steroid dienone is 1. The molecule has 0 aromatic carbocycles. The van der Waals surface area contributed by atoms with Crippen LogP contribution in [0.25, 0.3) is 0 Å². The third-order valence-corrected chi connectivity index (χ3v) is 6.14. The van der Waals surface area contributed by atoms with Gasteiger partial charge in [0, 0.05) is 12.3 Å². The van der Waals surface area contributed by atoms with Crippen LogP contribution in [0.2, 0.25) is 0 Å². The Morgan fingerprint density at radius 1 is 1.16 bits per heavy atom. The SMILES string of the molecule is C=CO.CCCCCC(C)(O)CCC[C@H]1[C@H](O)CC(=O)[C@@H]1CCCCC=C(O)C(=O)CO. The number of rotatable bonds is 15. The molecule has 7 heteroatoms. The van der Waals surface area contributed by atoms with Crippen molar-refractivity contribution in [2.45, 2.75) is 103 Å². The van der Waals surface area contributed by atoms with Crippen LogP contribution in [-0.4, -0.2) is 55.4 Å². The summed E-state index contributed by atoms with van der Waals surface area (Å²) in [4.78, 5) is 23.4. The molecule has 0 spiro atoms. The fourth-order valence-electron chi connectivity index (χ4n) is 4.33. The number of carbonyl (C=O) groups is 2. The lowest BCUT2D eigenvalue weighted by atomic mass is 9.83. The second-order valence-corrected chi connectivity index (χ2v) is 8.99. The lowest BCUT2D eigenvalue weighted by Gasteiger charge is -2.26. The maximum atomic E-state index is 12.3. The van der Waals surface area contributed by atoms with Crippen molar-refractivity contribution in [3.63, 3.8) is 0 Å². The summed E-state index contributed by atoms with van der Waals surface area (Å²) in [6.45, 7) is 6.23. The molecule has 5 N–H and O–H groups in total. The van der Waals surface area contributed by atoms with Crippen LogP contribution in [0.5, 0.6) is 0 Å². The van der Waals surface area contributed by atoms with Crippen LogP contribution in [0.1, 0.15) is 90.9 Å². The van der Waals surface area contributed by atoms with E-state index in [2.05, 4.69) is 13.5 Å². The van der Waals surface area contributed by atoms with Crippen molar-refractivity contribution < 1.29 is 35.1 Å². The Bertz CT molecular complexity index is 583. The molecule has 186 valence electrons. The molecule has 0 amide bonds. The molecular weight excluding hydrogens is 412 g/mol. The largest absolute Gasteiger partial charge is 0.516 e. The van der Waals surface area contributed by atoms with Gasteiger partial charge >= 0.3 is 0 Å². The summed E-state index contributed by atoms with van der Waals surface area (Å²) >= 11 is 0. The number of Topliss-reactive ketones (excluding diaryl/α,β-unsaturated/α-hetero) is 2. The predicted octanol–water partition coefficient (Wildman–Crippen LogP) is 4.31. The first-order valence-electron chi connectivity index (χ1n) is 11.8. The summed E-state index contributed by atoms with van der Waals surface area (Å²) in [5.41, 5.74) is -0.682. The zero-order valence-corrected chi connectivity index (χ0v) is 19.8. The third-order valence-electron chi connectivity index (χ3n) is 6.14. The predicted molar refractivity (Wildman–Crippen MR) is 125 cm³/mol. The van der Waals surface area contributed by atoms with Gasteiger partial charge in [-0.15, -0.1) is 0 Å².